The molecule has 2 bridgehead atoms. The first-order valence-electron chi connectivity index (χ1n) is 12.7. The Morgan fingerprint density at radius 3 is 2.43 bits per heavy atom. The Morgan fingerprint density at radius 1 is 1.03 bits per heavy atom. The van der Waals surface area contributed by atoms with Crippen LogP contribution in [0.5, 0.6) is 17.2 Å². The van der Waals surface area contributed by atoms with Crippen LogP contribution in [0.2, 0.25) is 0 Å². The van der Waals surface area contributed by atoms with Gasteiger partial charge < -0.3 is 29.5 Å². The van der Waals surface area contributed by atoms with E-state index in [1.807, 2.05) is 53.4 Å². The molecule has 7 nitrogen and oxygen atoms in total. The fourth-order valence-corrected chi connectivity index (χ4v) is 6.75. The Balaban J connectivity index is 1.23. The summed E-state index contributed by atoms with van der Waals surface area (Å²) >= 11 is 0. The summed E-state index contributed by atoms with van der Waals surface area (Å²) in [5, 5.41) is 13.5. The summed E-state index contributed by atoms with van der Waals surface area (Å²) in [6.07, 6.45) is 0. The van der Waals surface area contributed by atoms with Gasteiger partial charge in [-0.15, -0.1) is 0 Å². The van der Waals surface area contributed by atoms with Gasteiger partial charge in [0.05, 0.1) is 38.1 Å². The Bertz CT molecular complexity index is 1310. The number of amides is 1. The van der Waals surface area contributed by atoms with E-state index in [2.05, 4.69) is 17.4 Å². The van der Waals surface area contributed by atoms with Crippen LogP contribution < -0.4 is 19.5 Å². The quantitative estimate of drug-likeness (QED) is 0.463. The average molecular weight is 501 g/mol. The van der Waals surface area contributed by atoms with Gasteiger partial charge in [0.25, 0.3) is 5.91 Å². The van der Waals surface area contributed by atoms with Crippen LogP contribution >= 0.6 is 0 Å². The van der Waals surface area contributed by atoms with E-state index in [0.29, 0.717) is 47.7 Å². The third kappa shape index (κ3) is 3.55. The fraction of sp³-hybridized carbons (Fsp3) is 0.367. The van der Waals surface area contributed by atoms with Gasteiger partial charge in [0.15, 0.2) is 11.5 Å². The number of aliphatic hydroxyl groups is 1. The SMILES string of the molecule is CNc1cc(OCc2ccccc2)c(OC)cc1C(=O)N1CC2[C@H]3C([C@H]1CO)[C@]23c1ccc(OC)cc1. The minimum Gasteiger partial charge on any atom is -0.497 e. The van der Waals surface area contributed by atoms with Crippen molar-refractivity contribution in [1.29, 1.82) is 0 Å². The number of hydrogen-bond donors (Lipinski definition) is 2. The molecule has 5 atom stereocenters. The number of hydrogen-bond acceptors (Lipinski definition) is 6. The van der Waals surface area contributed by atoms with Crippen molar-refractivity contribution in [2.24, 2.45) is 17.8 Å². The Labute approximate surface area is 217 Å². The minimum absolute atomic E-state index is 0.0537. The van der Waals surface area contributed by atoms with Crippen molar-refractivity contribution in [3.8, 4) is 17.2 Å². The molecule has 0 radical (unpaired) electrons. The van der Waals surface area contributed by atoms with Gasteiger partial charge in [-0.25, -0.2) is 0 Å². The van der Waals surface area contributed by atoms with Gasteiger partial charge in [-0.1, -0.05) is 42.5 Å². The highest BCUT2D eigenvalue weighted by Crippen LogP contribution is 2.87. The Kier molecular flexibility index (Phi) is 5.75. The molecule has 4 fully saturated rings. The molecule has 1 amide bonds. The Hall–Kier alpha value is -3.71. The van der Waals surface area contributed by atoms with Gasteiger partial charge in [-0.2, -0.15) is 0 Å². The zero-order chi connectivity index (χ0) is 25.7. The second-order valence-corrected chi connectivity index (χ2v) is 10.1. The van der Waals surface area contributed by atoms with Crippen LogP contribution in [0.1, 0.15) is 21.5 Å². The number of aliphatic hydroxyl groups excluding tert-OH is 1. The minimum atomic E-state index is -0.214. The molecule has 3 aromatic carbocycles. The molecule has 7 heteroatoms. The highest BCUT2D eigenvalue weighted by molar-refractivity contribution is 6.01. The second kappa shape index (κ2) is 8.99. The number of anilines is 1. The summed E-state index contributed by atoms with van der Waals surface area (Å²) in [7, 11) is 5.03. The summed E-state index contributed by atoms with van der Waals surface area (Å²) in [6.45, 7) is 0.974. The summed E-state index contributed by atoms with van der Waals surface area (Å²) in [5.41, 5.74) is 3.61. The fourth-order valence-electron chi connectivity index (χ4n) is 6.75. The van der Waals surface area contributed by atoms with Gasteiger partial charge >= 0.3 is 0 Å². The largest absolute Gasteiger partial charge is 0.497 e. The van der Waals surface area contributed by atoms with E-state index in [0.717, 1.165) is 11.3 Å². The van der Waals surface area contributed by atoms with E-state index in [1.165, 1.54) is 5.56 Å². The molecule has 7 rings (SSSR count). The first-order chi connectivity index (χ1) is 18.1. The molecular formula is C30H32N2O5. The summed E-state index contributed by atoms with van der Waals surface area (Å²) in [5.74, 6) is 3.04. The van der Waals surface area contributed by atoms with Crippen LogP contribution in [-0.4, -0.2) is 56.4 Å². The number of fused-ring (bicyclic) bond motifs is 2. The average Bonchev–Trinajstić information content (AvgIpc) is 3.85. The van der Waals surface area contributed by atoms with Crippen molar-refractivity contribution in [3.05, 3.63) is 83.4 Å². The monoisotopic (exact) mass is 500 g/mol. The lowest BCUT2D eigenvalue weighted by Gasteiger charge is -2.42. The molecule has 3 aromatic rings. The van der Waals surface area contributed by atoms with Crippen molar-refractivity contribution >= 4 is 11.6 Å². The molecule has 2 heterocycles. The summed E-state index contributed by atoms with van der Waals surface area (Å²) in [4.78, 5) is 15.7. The van der Waals surface area contributed by atoms with Crippen molar-refractivity contribution in [3.63, 3.8) is 0 Å². The number of ether oxygens (including phenoxy) is 3. The van der Waals surface area contributed by atoms with Gasteiger partial charge in [0, 0.05) is 25.1 Å². The van der Waals surface area contributed by atoms with Crippen LogP contribution in [0.25, 0.3) is 0 Å². The molecule has 2 saturated carbocycles. The molecule has 2 unspecified atom stereocenters. The van der Waals surface area contributed by atoms with Gasteiger partial charge in [-0.05, 0) is 47.1 Å². The second-order valence-electron chi connectivity index (χ2n) is 10.1. The summed E-state index contributed by atoms with van der Waals surface area (Å²) < 4.78 is 17.0. The molecule has 37 heavy (non-hydrogen) atoms. The Morgan fingerprint density at radius 2 is 1.78 bits per heavy atom. The number of methoxy groups -OCH3 is 2. The number of benzene rings is 3. The lowest BCUT2D eigenvalue weighted by Crippen LogP contribution is -2.54. The number of piperidine rings is 2. The maximum atomic E-state index is 13.9. The highest BCUT2D eigenvalue weighted by atomic mass is 16.5. The van der Waals surface area contributed by atoms with Crippen molar-refractivity contribution in [2.45, 2.75) is 18.1 Å². The number of carbonyl (C=O) groups is 1. The molecule has 2 aliphatic carbocycles. The zero-order valence-electron chi connectivity index (χ0n) is 21.3. The van der Waals surface area contributed by atoms with Crippen molar-refractivity contribution in [2.75, 3.05) is 39.7 Å². The lowest BCUT2D eigenvalue weighted by molar-refractivity contribution is 0.0244. The smallest absolute Gasteiger partial charge is 0.256 e. The summed E-state index contributed by atoms with van der Waals surface area (Å²) in [6, 6.07) is 21.5. The third-order valence-corrected chi connectivity index (χ3v) is 8.61. The molecule has 2 saturated heterocycles. The normalized spacial score (nSPS) is 26.6. The van der Waals surface area contributed by atoms with E-state index in [9.17, 15) is 9.90 Å². The van der Waals surface area contributed by atoms with E-state index < -0.39 is 0 Å². The highest BCUT2D eigenvalue weighted by Gasteiger charge is 2.90. The molecule has 2 aliphatic heterocycles. The van der Waals surface area contributed by atoms with Crippen molar-refractivity contribution < 1.29 is 24.1 Å². The molecule has 0 aromatic heterocycles. The molecule has 0 spiro atoms. The zero-order valence-corrected chi connectivity index (χ0v) is 21.3. The predicted molar refractivity (Wildman–Crippen MR) is 140 cm³/mol. The molecule has 4 aliphatic rings. The van der Waals surface area contributed by atoms with Crippen LogP contribution in [0, 0.1) is 17.8 Å². The first-order valence-corrected chi connectivity index (χ1v) is 12.7. The molecule has 192 valence electrons. The van der Waals surface area contributed by atoms with Crippen LogP contribution in [0.4, 0.5) is 5.69 Å². The lowest BCUT2D eigenvalue weighted by atomic mass is 9.81. The number of nitrogens with one attached hydrogen (secondary N) is 1. The molecular weight excluding hydrogens is 468 g/mol. The maximum absolute atomic E-state index is 13.9. The third-order valence-electron chi connectivity index (χ3n) is 8.61. The van der Waals surface area contributed by atoms with Crippen molar-refractivity contribution in [1.82, 2.24) is 4.90 Å². The maximum Gasteiger partial charge on any atom is 0.256 e. The van der Waals surface area contributed by atoms with Gasteiger partial charge in [0.1, 0.15) is 12.4 Å². The van der Waals surface area contributed by atoms with Gasteiger partial charge in [-0.3, -0.25) is 4.79 Å². The van der Waals surface area contributed by atoms with E-state index in [-0.39, 0.29) is 29.9 Å². The number of nitrogens with zero attached hydrogens (tertiary/aromatic N) is 1. The topological polar surface area (TPSA) is 80.3 Å². The van der Waals surface area contributed by atoms with Crippen LogP contribution in [0.3, 0.4) is 0 Å². The van der Waals surface area contributed by atoms with E-state index in [1.54, 1.807) is 27.3 Å². The standard InChI is InChI=1S/C30H32N2O5/c1-31-23-14-26(37-17-18-7-5-4-6-8-18)25(36-3)13-21(23)29(34)32-15-22-27-28(24(32)16-33)30(22,27)19-9-11-20(35-2)12-10-19/h4-14,22,24,27-28,31,33H,15-17H2,1-3H3/t22?,24-,27+,28?,30-/m1/s1. The predicted octanol–water partition coefficient (Wildman–Crippen LogP) is 3.96. The van der Waals surface area contributed by atoms with Gasteiger partial charge in [0.2, 0.25) is 0 Å². The van der Waals surface area contributed by atoms with Crippen LogP contribution in [0.15, 0.2) is 66.7 Å². The number of rotatable bonds is 9. The molecule has 2 N–H and O–H groups in total. The van der Waals surface area contributed by atoms with E-state index in [4.69, 9.17) is 14.2 Å². The van der Waals surface area contributed by atoms with Crippen LogP contribution in [-0.2, 0) is 12.0 Å². The van der Waals surface area contributed by atoms with E-state index >= 15 is 0 Å². The first kappa shape index (κ1) is 23.7. The number of carbonyl (C=O) groups excluding carboxylic acids is 1.